The van der Waals surface area contributed by atoms with Gasteiger partial charge in [-0.15, -0.1) is 21.5 Å². The van der Waals surface area contributed by atoms with Gasteiger partial charge in [-0.3, -0.25) is 18.6 Å². The van der Waals surface area contributed by atoms with Gasteiger partial charge in [0.05, 0.1) is 5.52 Å². The van der Waals surface area contributed by atoms with E-state index in [1.165, 1.54) is 11.3 Å². The maximum atomic E-state index is 12.9. The van der Waals surface area contributed by atoms with Crippen molar-refractivity contribution in [2.75, 3.05) is 5.32 Å². The van der Waals surface area contributed by atoms with Crippen LogP contribution in [0.4, 0.5) is 5.69 Å². The number of carbonyl (C=O) groups excluding carboxylic acids is 1. The van der Waals surface area contributed by atoms with Crippen molar-refractivity contribution in [2.24, 2.45) is 5.92 Å². The molecule has 4 rings (SSSR count). The monoisotopic (exact) mass is 423 g/mol. The van der Waals surface area contributed by atoms with Crippen molar-refractivity contribution in [3.8, 4) is 0 Å². The van der Waals surface area contributed by atoms with Crippen LogP contribution >= 0.6 is 11.3 Å². The van der Waals surface area contributed by atoms with Crippen LogP contribution in [0.3, 0.4) is 0 Å². The number of carbonyl (C=O) groups is 1. The second-order valence-electron chi connectivity index (χ2n) is 8.12. The Morgan fingerprint density at radius 1 is 1.17 bits per heavy atom. The molecule has 0 saturated carbocycles. The fourth-order valence-corrected chi connectivity index (χ4v) is 4.59. The summed E-state index contributed by atoms with van der Waals surface area (Å²) in [5.41, 5.74) is 3.78. The molecule has 0 aliphatic heterocycles. The number of nitrogens with one attached hydrogen (secondary N) is 1. The first-order chi connectivity index (χ1) is 14.3. The lowest BCUT2D eigenvalue weighted by Crippen LogP contribution is -2.24. The first-order valence-electron chi connectivity index (χ1n) is 10.1. The summed E-state index contributed by atoms with van der Waals surface area (Å²) in [5, 5.41) is 13.5. The second-order valence-corrected chi connectivity index (χ2v) is 9.04. The number of aromatic nitrogens is 4. The normalized spacial score (nSPS) is 11.6. The van der Waals surface area contributed by atoms with Gasteiger partial charge in [-0.25, -0.2) is 0 Å². The number of benzene rings is 1. The number of rotatable bonds is 6. The smallest absolute Gasteiger partial charge is 0.272 e. The summed E-state index contributed by atoms with van der Waals surface area (Å²) in [4.78, 5) is 25.4. The minimum Gasteiger partial charge on any atom is -0.326 e. The number of thiophene rings is 1. The number of fused-ring (bicyclic) bond motifs is 3. The van der Waals surface area contributed by atoms with Crippen molar-refractivity contribution in [1.29, 1.82) is 0 Å². The van der Waals surface area contributed by atoms with Crippen LogP contribution in [-0.4, -0.2) is 25.1 Å². The molecule has 1 N–H and O–H groups in total. The molecule has 0 saturated heterocycles. The van der Waals surface area contributed by atoms with Gasteiger partial charge in [0.2, 0.25) is 11.7 Å². The largest absolute Gasteiger partial charge is 0.326 e. The van der Waals surface area contributed by atoms with Crippen molar-refractivity contribution in [3.63, 3.8) is 0 Å². The van der Waals surface area contributed by atoms with Crippen molar-refractivity contribution in [3.05, 3.63) is 57.0 Å². The summed E-state index contributed by atoms with van der Waals surface area (Å²) in [5.74, 6) is 1.44. The molecule has 0 aliphatic carbocycles. The molecule has 1 amide bonds. The van der Waals surface area contributed by atoms with Crippen LogP contribution in [0.25, 0.3) is 16.0 Å². The molecule has 0 unspecified atom stereocenters. The average Bonchev–Trinajstić information content (AvgIpc) is 3.29. The number of amides is 1. The molecule has 0 spiro atoms. The number of anilines is 1. The van der Waals surface area contributed by atoms with Gasteiger partial charge in [0.25, 0.3) is 5.56 Å². The highest BCUT2D eigenvalue weighted by molar-refractivity contribution is 7.17. The lowest BCUT2D eigenvalue weighted by molar-refractivity contribution is -0.116. The van der Waals surface area contributed by atoms with Crippen LogP contribution in [0.5, 0.6) is 0 Å². The van der Waals surface area contributed by atoms with Crippen LogP contribution in [0.15, 0.2) is 34.4 Å². The van der Waals surface area contributed by atoms with Crippen molar-refractivity contribution in [1.82, 2.24) is 19.2 Å². The molecular formula is C22H25N5O2S. The Morgan fingerprint density at radius 2 is 1.90 bits per heavy atom. The summed E-state index contributed by atoms with van der Waals surface area (Å²) in [6.07, 6.45) is 0.714. The van der Waals surface area contributed by atoms with E-state index in [4.69, 9.17) is 0 Å². The molecule has 0 bridgehead atoms. The third-order valence-electron chi connectivity index (χ3n) is 4.91. The van der Waals surface area contributed by atoms with E-state index in [9.17, 15) is 9.59 Å². The number of nitrogens with zero attached hydrogens (tertiary/aromatic N) is 4. The highest BCUT2D eigenvalue weighted by atomic mass is 32.1. The first kappa shape index (κ1) is 20.3. The van der Waals surface area contributed by atoms with Crippen LogP contribution < -0.4 is 10.9 Å². The first-order valence-corrected chi connectivity index (χ1v) is 10.9. The van der Waals surface area contributed by atoms with Crippen LogP contribution in [0.1, 0.15) is 37.2 Å². The number of hydrogen-bond acceptors (Lipinski definition) is 5. The van der Waals surface area contributed by atoms with Gasteiger partial charge < -0.3 is 5.32 Å². The zero-order valence-corrected chi connectivity index (χ0v) is 18.4. The molecule has 4 aromatic rings. The van der Waals surface area contributed by atoms with E-state index in [-0.39, 0.29) is 17.9 Å². The zero-order valence-electron chi connectivity index (χ0n) is 17.6. The lowest BCUT2D eigenvalue weighted by atomic mass is 10.1. The molecule has 156 valence electrons. The molecule has 8 heteroatoms. The van der Waals surface area contributed by atoms with Gasteiger partial charge >= 0.3 is 0 Å². The molecule has 3 heterocycles. The molecule has 0 aliphatic rings. The highest BCUT2D eigenvalue weighted by Gasteiger charge is 2.18. The highest BCUT2D eigenvalue weighted by Crippen LogP contribution is 2.21. The van der Waals surface area contributed by atoms with Gasteiger partial charge in [-0.2, -0.15) is 0 Å². The van der Waals surface area contributed by atoms with Gasteiger partial charge in [0.1, 0.15) is 10.5 Å². The third-order valence-corrected chi connectivity index (χ3v) is 5.80. The van der Waals surface area contributed by atoms with Gasteiger partial charge in [-0.05, 0) is 54.5 Å². The summed E-state index contributed by atoms with van der Waals surface area (Å²) in [6, 6.07) is 7.89. The Kier molecular flexibility index (Phi) is 5.42. The van der Waals surface area contributed by atoms with Gasteiger partial charge in [0, 0.05) is 25.1 Å². The quantitative estimate of drug-likeness (QED) is 0.509. The Balaban J connectivity index is 1.63. The minimum absolute atomic E-state index is 0.0345. The average molecular weight is 424 g/mol. The van der Waals surface area contributed by atoms with Crippen LogP contribution in [-0.2, 0) is 17.8 Å². The lowest BCUT2D eigenvalue weighted by Gasteiger charge is -2.11. The maximum absolute atomic E-state index is 12.9. The van der Waals surface area contributed by atoms with Crippen LogP contribution in [0.2, 0.25) is 0 Å². The van der Waals surface area contributed by atoms with E-state index >= 15 is 0 Å². The number of aryl methyl sites for hydroxylation is 3. The van der Waals surface area contributed by atoms with Crippen molar-refractivity contribution < 1.29 is 4.79 Å². The molecule has 3 aromatic heterocycles. The summed E-state index contributed by atoms with van der Waals surface area (Å²) >= 11 is 1.42. The standard InChI is InChI=1S/C22H25N5O2S/c1-13(2)12-26-21(29)20-17(7-8-30-20)27-18(24-25-22(26)27)5-6-19(28)23-16-10-14(3)9-15(4)11-16/h7-11,13H,5-6,12H2,1-4H3,(H,23,28). The molecular weight excluding hydrogens is 398 g/mol. The SMILES string of the molecule is Cc1cc(C)cc(NC(=O)CCc2nnc3n(CC(C)C)c(=O)c4sccc4n23)c1. The molecule has 7 nitrogen and oxygen atoms in total. The summed E-state index contributed by atoms with van der Waals surface area (Å²) in [6.45, 7) is 8.72. The topological polar surface area (TPSA) is 81.3 Å². The fraction of sp³-hybridized carbons (Fsp3) is 0.364. The maximum Gasteiger partial charge on any atom is 0.272 e. The van der Waals surface area contributed by atoms with E-state index in [1.807, 2.05) is 41.8 Å². The molecule has 0 radical (unpaired) electrons. The molecule has 30 heavy (non-hydrogen) atoms. The van der Waals surface area contributed by atoms with Gasteiger partial charge in [0.15, 0.2) is 0 Å². The zero-order chi connectivity index (χ0) is 21.4. The van der Waals surface area contributed by atoms with E-state index in [1.54, 1.807) is 4.57 Å². The Bertz CT molecular complexity index is 1280. The predicted molar refractivity (Wildman–Crippen MR) is 120 cm³/mol. The molecule has 0 fully saturated rings. The minimum atomic E-state index is -0.0752. The predicted octanol–water partition coefficient (Wildman–Crippen LogP) is 3.95. The van der Waals surface area contributed by atoms with Gasteiger partial charge in [-0.1, -0.05) is 19.9 Å². The second kappa shape index (κ2) is 8.02. The van der Waals surface area contributed by atoms with Crippen molar-refractivity contribution >= 4 is 38.9 Å². The van der Waals surface area contributed by atoms with E-state index in [0.29, 0.717) is 35.2 Å². The van der Waals surface area contributed by atoms with E-state index < -0.39 is 0 Å². The Morgan fingerprint density at radius 3 is 2.60 bits per heavy atom. The number of hydrogen-bond donors (Lipinski definition) is 1. The van der Waals surface area contributed by atoms with E-state index in [0.717, 1.165) is 22.3 Å². The summed E-state index contributed by atoms with van der Waals surface area (Å²) in [7, 11) is 0. The Labute approximate surface area is 178 Å². The van der Waals surface area contributed by atoms with Crippen LogP contribution in [0, 0.1) is 19.8 Å². The fourth-order valence-electron chi connectivity index (χ4n) is 3.77. The van der Waals surface area contributed by atoms with Crippen molar-refractivity contribution in [2.45, 2.75) is 47.1 Å². The van der Waals surface area contributed by atoms with E-state index in [2.05, 4.69) is 35.4 Å². The Hall–Kier alpha value is -3.00. The molecule has 1 aromatic carbocycles. The summed E-state index contributed by atoms with van der Waals surface area (Å²) < 4.78 is 4.29. The third kappa shape index (κ3) is 3.87. The molecule has 0 atom stereocenters.